The van der Waals surface area contributed by atoms with Crippen molar-refractivity contribution in [1.29, 1.82) is 0 Å². The Morgan fingerprint density at radius 3 is 2.62 bits per heavy atom. The molecule has 2 aromatic rings. The number of benzene rings is 1. The van der Waals surface area contributed by atoms with Gasteiger partial charge >= 0.3 is 0 Å². The van der Waals surface area contributed by atoms with Crippen molar-refractivity contribution >= 4 is 36.6 Å². The molecule has 0 saturated heterocycles. The number of carbonyl (C=O) groups is 1. The Hall–Kier alpha value is -1.61. The third-order valence-electron chi connectivity index (χ3n) is 4.02. The van der Waals surface area contributed by atoms with Gasteiger partial charge in [0, 0.05) is 21.7 Å². The van der Waals surface area contributed by atoms with Crippen LogP contribution in [-0.4, -0.2) is 56.5 Å². The number of rotatable bonds is 8. The van der Waals surface area contributed by atoms with Gasteiger partial charge in [0.05, 0.1) is 36.6 Å². The molecule has 9 heteroatoms. The van der Waals surface area contributed by atoms with Crippen LogP contribution in [0, 0.1) is 0 Å². The molecule has 0 aliphatic carbocycles. The van der Waals surface area contributed by atoms with Gasteiger partial charge in [-0.1, -0.05) is 31.2 Å². The van der Waals surface area contributed by atoms with E-state index in [4.69, 9.17) is 25.9 Å². The lowest BCUT2D eigenvalue weighted by molar-refractivity contribution is -0.0758. The van der Waals surface area contributed by atoms with Crippen molar-refractivity contribution in [3.05, 3.63) is 23.0 Å². The third kappa shape index (κ3) is 4.56. The van der Waals surface area contributed by atoms with Crippen LogP contribution in [0.25, 0.3) is 11.0 Å². The number of hydroxylamine groups is 2. The molecule has 0 aliphatic heterocycles. The van der Waals surface area contributed by atoms with E-state index in [0.29, 0.717) is 40.7 Å². The van der Waals surface area contributed by atoms with Gasteiger partial charge in [0.25, 0.3) is 5.91 Å². The Labute approximate surface area is 159 Å². The van der Waals surface area contributed by atoms with E-state index >= 15 is 0 Å². The fraction of sp³-hybridized carbons (Fsp3) is 0.529. The summed E-state index contributed by atoms with van der Waals surface area (Å²) >= 11 is 6.44. The molecule has 0 bridgehead atoms. The summed E-state index contributed by atoms with van der Waals surface area (Å²) in [5.41, 5.74) is 1.48. The van der Waals surface area contributed by atoms with Crippen LogP contribution in [-0.2, 0) is 16.3 Å². The SMILES string of the molecule is COc1c(C(=O)N(C)OC)cc(Cl)c2c1ncn2COCC[Si](C)(C)C. The Balaban J connectivity index is 2.33. The van der Waals surface area contributed by atoms with Crippen LogP contribution in [0.5, 0.6) is 5.75 Å². The first-order chi connectivity index (χ1) is 12.2. The first kappa shape index (κ1) is 20.7. The van der Waals surface area contributed by atoms with E-state index in [9.17, 15) is 4.79 Å². The van der Waals surface area contributed by atoms with Crippen molar-refractivity contribution < 1.29 is 19.1 Å². The monoisotopic (exact) mass is 399 g/mol. The molecule has 0 aliphatic rings. The highest BCUT2D eigenvalue weighted by Crippen LogP contribution is 2.35. The molecular weight excluding hydrogens is 374 g/mol. The van der Waals surface area contributed by atoms with E-state index in [2.05, 4.69) is 24.6 Å². The van der Waals surface area contributed by atoms with Crippen LogP contribution in [0.15, 0.2) is 12.4 Å². The van der Waals surface area contributed by atoms with Crippen molar-refractivity contribution in [2.24, 2.45) is 0 Å². The second kappa shape index (κ2) is 8.39. The van der Waals surface area contributed by atoms with E-state index in [1.807, 2.05) is 4.57 Å². The van der Waals surface area contributed by atoms with E-state index in [0.717, 1.165) is 11.1 Å². The van der Waals surface area contributed by atoms with E-state index < -0.39 is 8.07 Å². The fourth-order valence-electron chi connectivity index (χ4n) is 2.44. The molecule has 0 unspecified atom stereocenters. The number of imidazole rings is 1. The zero-order chi connectivity index (χ0) is 19.5. The van der Waals surface area contributed by atoms with Crippen LogP contribution in [0.1, 0.15) is 10.4 Å². The highest BCUT2D eigenvalue weighted by atomic mass is 35.5. The summed E-state index contributed by atoms with van der Waals surface area (Å²) < 4.78 is 13.0. The summed E-state index contributed by atoms with van der Waals surface area (Å²) in [6.45, 7) is 7.95. The van der Waals surface area contributed by atoms with Gasteiger partial charge in [-0.2, -0.15) is 0 Å². The maximum absolute atomic E-state index is 12.5. The first-order valence-corrected chi connectivity index (χ1v) is 12.4. The molecule has 0 atom stereocenters. The Morgan fingerprint density at radius 1 is 1.35 bits per heavy atom. The molecule has 0 fully saturated rings. The largest absolute Gasteiger partial charge is 0.494 e. The van der Waals surface area contributed by atoms with Gasteiger partial charge in [-0.05, 0) is 12.1 Å². The molecule has 144 valence electrons. The fourth-order valence-corrected chi connectivity index (χ4v) is 3.51. The topological polar surface area (TPSA) is 65.8 Å². The second-order valence-corrected chi connectivity index (χ2v) is 13.2. The molecule has 1 aromatic heterocycles. The Kier molecular flexibility index (Phi) is 6.67. The highest BCUT2D eigenvalue weighted by molar-refractivity contribution is 6.76. The number of amides is 1. The van der Waals surface area contributed by atoms with Crippen molar-refractivity contribution in [3.63, 3.8) is 0 Å². The molecule has 0 N–H and O–H groups in total. The molecule has 0 spiro atoms. The van der Waals surface area contributed by atoms with Crippen molar-refractivity contribution in [2.75, 3.05) is 27.9 Å². The van der Waals surface area contributed by atoms with Crippen LogP contribution >= 0.6 is 11.6 Å². The molecule has 1 amide bonds. The molecule has 2 rings (SSSR count). The van der Waals surface area contributed by atoms with Gasteiger partial charge in [-0.3, -0.25) is 9.63 Å². The molecule has 1 aromatic carbocycles. The van der Waals surface area contributed by atoms with Crippen molar-refractivity contribution in [2.45, 2.75) is 32.4 Å². The normalized spacial score (nSPS) is 11.8. The maximum atomic E-state index is 12.5. The van der Waals surface area contributed by atoms with Gasteiger partial charge in [0.1, 0.15) is 12.2 Å². The number of hydrogen-bond acceptors (Lipinski definition) is 5. The summed E-state index contributed by atoms with van der Waals surface area (Å²) in [5, 5.41) is 1.51. The van der Waals surface area contributed by atoms with Gasteiger partial charge in [-0.15, -0.1) is 0 Å². The van der Waals surface area contributed by atoms with Gasteiger partial charge in [-0.25, -0.2) is 10.0 Å². The zero-order valence-electron chi connectivity index (χ0n) is 16.1. The van der Waals surface area contributed by atoms with Crippen LogP contribution in [0.3, 0.4) is 0 Å². The summed E-state index contributed by atoms with van der Waals surface area (Å²) in [4.78, 5) is 21.8. The highest BCUT2D eigenvalue weighted by Gasteiger charge is 2.23. The summed E-state index contributed by atoms with van der Waals surface area (Å²) in [5.74, 6) is -0.00626. The maximum Gasteiger partial charge on any atom is 0.281 e. The lowest BCUT2D eigenvalue weighted by Gasteiger charge is -2.17. The molecule has 26 heavy (non-hydrogen) atoms. The standard InChI is InChI=1S/C17H26ClN3O4Si/c1-20(24-3)17(22)12-9-13(18)15-14(16(12)23-2)19-10-21(15)11-25-7-8-26(4,5)6/h9-10H,7-8,11H2,1-6H3. The summed E-state index contributed by atoms with van der Waals surface area (Å²) in [6, 6.07) is 2.65. The van der Waals surface area contributed by atoms with Gasteiger partial charge in [0.2, 0.25) is 0 Å². The van der Waals surface area contributed by atoms with E-state index in [1.165, 1.54) is 21.3 Å². The van der Waals surface area contributed by atoms with Crippen LogP contribution in [0.4, 0.5) is 0 Å². The number of halogens is 1. The lowest BCUT2D eigenvalue weighted by atomic mass is 10.1. The first-order valence-electron chi connectivity index (χ1n) is 8.31. The van der Waals surface area contributed by atoms with Crippen molar-refractivity contribution in [3.8, 4) is 5.75 Å². The predicted octanol–water partition coefficient (Wildman–Crippen LogP) is 3.64. The smallest absolute Gasteiger partial charge is 0.281 e. The second-order valence-electron chi connectivity index (χ2n) is 7.18. The van der Waals surface area contributed by atoms with Crippen LogP contribution in [0.2, 0.25) is 30.7 Å². The van der Waals surface area contributed by atoms with Gasteiger partial charge in [0.15, 0.2) is 5.75 Å². The van der Waals surface area contributed by atoms with E-state index in [-0.39, 0.29) is 5.91 Å². The lowest BCUT2D eigenvalue weighted by Crippen LogP contribution is -2.26. The summed E-state index contributed by atoms with van der Waals surface area (Å²) in [6.07, 6.45) is 1.64. The average molecular weight is 400 g/mol. The Morgan fingerprint density at radius 2 is 2.04 bits per heavy atom. The Bertz CT molecular complexity index is 788. The van der Waals surface area contributed by atoms with Crippen LogP contribution < -0.4 is 4.74 Å². The molecule has 7 nitrogen and oxygen atoms in total. The third-order valence-corrected chi connectivity index (χ3v) is 6.01. The van der Waals surface area contributed by atoms with Crippen molar-refractivity contribution in [1.82, 2.24) is 14.6 Å². The minimum Gasteiger partial charge on any atom is -0.494 e. The minimum atomic E-state index is -1.14. The number of aromatic nitrogens is 2. The molecule has 1 heterocycles. The number of ether oxygens (including phenoxy) is 2. The molecular formula is C17H26ClN3O4Si. The molecule has 0 radical (unpaired) electrons. The number of nitrogens with zero attached hydrogens (tertiary/aromatic N) is 3. The molecule has 0 saturated carbocycles. The minimum absolute atomic E-state index is 0.291. The average Bonchev–Trinajstić information content (AvgIpc) is 3.01. The number of carbonyl (C=O) groups excluding carboxylic acids is 1. The quantitative estimate of drug-likeness (QED) is 0.385. The number of hydrogen-bond donors (Lipinski definition) is 0. The summed E-state index contributed by atoms with van der Waals surface area (Å²) in [7, 11) is 3.29. The van der Waals surface area contributed by atoms with E-state index in [1.54, 1.807) is 12.4 Å². The zero-order valence-corrected chi connectivity index (χ0v) is 17.9. The number of fused-ring (bicyclic) bond motifs is 1. The predicted molar refractivity (Wildman–Crippen MR) is 105 cm³/mol. The van der Waals surface area contributed by atoms with Gasteiger partial charge < -0.3 is 14.0 Å². The number of methoxy groups -OCH3 is 1.